The van der Waals surface area contributed by atoms with Gasteiger partial charge in [-0.1, -0.05) is 0 Å². The highest BCUT2D eigenvalue weighted by atomic mass is 16.5. The maximum absolute atomic E-state index is 5.00. The fraction of sp³-hybridized carbons (Fsp3) is 0.700. The first kappa shape index (κ1) is 11.8. The molecule has 0 saturated heterocycles. The number of hydrogen-bond acceptors (Lipinski definition) is 5. The maximum Gasteiger partial charge on any atom is 0.243 e. The number of methoxy groups -OCH3 is 1. The molecule has 5 heteroatoms. The summed E-state index contributed by atoms with van der Waals surface area (Å²) in [6, 6.07) is 0.286. The Hall–Kier alpha value is -1.23. The third kappa shape index (κ3) is 3.79. The number of aromatic nitrogens is 3. The standard InChI is InChI=1S/C10H18N4O/c1-7(5-6-15-4)11-10-12-8(2)9(3)13-14-10/h7H,5-6H2,1-4H3,(H,11,12,14). The van der Waals surface area contributed by atoms with Gasteiger partial charge >= 0.3 is 0 Å². The van der Waals surface area contributed by atoms with E-state index in [1.807, 2.05) is 13.8 Å². The number of ether oxygens (including phenoxy) is 1. The highest BCUT2D eigenvalue weighted by molar-refractivity contribution is 5.25. The Labute approximate surface area is 90.3 Å². The van der Waals surface area contributed by atoms with Crippen molar-refractivity contribution in [1.82, 2.24) is 15.2 Å². The molecule has 1 unspecified atom stereocenters. The van der Waals surface area contributed by atoms with Gasteiger partial charge in [0, 0.05) is 19.8 Å². The molecule has 1 atom stereocenters. The Morgan fingerprint density at radius 1 is 1.27 bits per heavy atom. The summed E-state index contributed by atoms with van der Waals surface area (Å²) in [5.41, 5.74) is 1.77. The van der Waals surface area contributed by atoms with Gasteiger partial charge in [0.25, 0.3) is 0 Å². The molecule has 1 N–H and O–H groups in total. The van der Waals surface area contributed by atoms with Crippen molar-refractivity contribution in [3.05, 3.63) is 11.4 Å². The lowest BCUT2D eigenvalue weighted by atomic mass is 10.2. The van der Waals surface area contributed by atoms with Gasteiger partial charge in [0.15, 0.2) is 0 Å². The monoisotopic (exact) mass is 210 g/mol. The van der Waals surface area contributed by atoms with Crippen molar-refractivity contribution < 1.29 is 4.74 Å². The quantitative estimate of drug-likeness (QED) is 0.794. The molecule has 0 aliphatic carbocycles. The molecule has 84 valence electrons. The van der Waals surface area contributed by atoms with Crippen LogP contribution in [0.5, 0.6) is 0 Å². The van der Waals surface area contributed by atoms with Gasteiger partial charge in [0.1, 0.15) is 0 Å². The minimum Gasteiger partial charge on any atom is -0.385 e. The lowest BCUT2D eigenvalue weighted by Crippen LogP contribution is -2.19. The van der Waals surface area contributed by atoms with Crippen molar-refractivity contribution >= 4 is 5.95 Å². The van der Waals surface area contributed by atoms with Gasteiger partial charge in [0.2, 0.25) is 5.95 Å². The Kier molecular flexibility index (Phi) is 4.42. The van der Waals surface area contributed by atoms with E-state index in [1.54, 1.807) is 7.11 Å². The van der Waals surface area contributed by atoms with E-state index in [-0.39, 0.29) is 6.04 Å². The molecule has 0 spiro atoms. The van der Waals surface area contributed by atoms with Crippen molar-refractivity contribution in [2.75, 3.05) is 19.0 Å². The molecule has 1 aromatic rings. The van der Waals surface area contributed by atoms with Crippen LogP contribution in [0.25, 0.3) is 0 Å². The van der Waals surface area contributed by atoms with Crippen molar-refractivity contribution in [2.45, 2.75) is 33.2 Å². The molecular formula is C10H18N4O. The van der Waals surface area contributed by atoms with E-state index in [4.69, 9.17) is 4.74 Å². The average molecular weight is 210 g/mol. The molecule has 0 saturated carbocycles. The van der Waals surface area contributed by atoms with Crippen LogP contribution in [-0.2, 0) is 4.74 Å². The van der Waals surface area contributed by atoms with Crippen LogP contribution in [0.3, 0.4) is 0 Å². The predicted octanol–water partition coefficient (Wildman–Crippen LogP) is 1.33. The highest BCUT2D eigenvalue weighted by Gasteiger charge is 2.05. The van der Waals surface area contributed by atoms with Crippen molar-refractivity contribution in [1.29, 1.82) is 0 Å². The minimum atomic E-state index is 0.286. The van der Waals surface area contributed by atoms with E-state index < -0.39 is 0 Å². The number of aryl methyl sites for hydroxylation is 2. The zero-order chi connectivity index (χ0) is 11.3. The van der Waals surface area contributed by atoms with Crippen molar-refractivity contribution in [3.63, 3.8) is 0 Å². The smallest absolute Gasteiger partial charge is 0.243 e. The first-order chi connectivity index (χ1) is 7.13. The summed E-state index contributed by atoms with van der Waals surface area (Å²) in [5, 5.41) is 11.2. The van der Waals surface area contributed by atoms with Crippen molar-refractivity contribution in [3.8, 4) is 0 Å². The molecule has 0 aliphatic heterocycles. The Balaban J connectivity index is 2.53. The fourth-order valence-corrected chi connectivity index (χ4v) is 1.11. The Morgan fingerprint density at radius 2 is 2.00 bits per heavy atom. The van der Waals surface area contributed by atoms with E-state index >= 15 is 0 Å². The van der Waals surface area contributed by atoms with E-state index in [9.17, 15) is 0 Å². The molecule has 1 rings (SSSR count). The molecule has 15 heavy (non-hydrogen) atoms. The van der Waals surface area contributed by atoms with Crippen LogP contribution < -0.4 is 5.32 Å². The van der Waals surface area contributed by atoms with E-state index in [2.05, 4.69) is 27.4 Å². The van der Waals surface area contributed by atoms with Gasteiger partial charge in [-0.3, -0.25) is 0 Å². The third-order valence-corrected chi connectivity index (χ3v) is 2.22. The van der Waals surface area contributed by atoms with Crippen molar-refractivity contribution in [2.24, 2.45) is 0 Å². The topological polar surface area (TPSA) is 59.9 Å². The normalized spacial score (nSPS) is 12.5. The van der Waals surface area contributed by atoms with E-state index in [0.29, 0.717) is 5.95 Å². The molecule has 0 aromatic carbocycles. The number of rotatable bonds is 5. The zero-order valence-corrected chi connectivity index (χ0v) is 9.74. The summed E-state index contributed by atoms with van der Waals surface area (Å²) in [6.45, 7) is 6.62. The first-order valence-electron chi connectivity index (χ1n) is 5.07. The molecule has 0 amide bonds. The summed E-state index contributed by atoms with van der Waals surface area (Å²) in [4.78, 5) is 4.30. The first-order valence-corrected chi connectivity index (χ1v) is 5.07. The molecule has 0 bridgehead atoms. The number of nitrogens with one attached hydrogen (secondary N) is 1. The van der Waals surface area contributed by atoms with E-state index in [0.717, 1.165) is 24.4 Å². The Bertz CT molecular complexity index is 316. The second kappa shape index (κ2) is 5.60. The van der Waals surface area contributed by atoms with Crippen LogP contribution in [0, 0.1) is 13.8 Å². The minimum absolute atomic E-state index is 0.286. The summed E-state index contributed by atoms with van der Waals surface area (Å²) in [6.07, 6.45) is 0.923. The van der Waals surface area contributed by atoms with Gasteiger partial charge in [0.05, 0.1) is 11.4 Å². The number of nitrogens with zero attached hydrogens (tertiary/aromatic N) is 3. The van der Waals surface area contributed by atoms with Gasteiger partial charge in [-0.15, -0.1) is 5.10 Å². The largest absolute Gasteiger partial charge is 0.385 e. The molecular weight excluding hydrogens is 192 g/mol. The summed E-state index contributed by atoms with van der Waals surface area (Å²) >= 11 is 0. The third-order valence-electron chi connectivity index (χ3n) is 2.22. The van der Waals surface area contributed by atoms with Crippen LogP contribution in [0.15, 0.2) is 0 Å². The SMILES string of the molecule is COCCC(C)Nc1nnc(C)c(C)n1. The van der Waals surface area contributed by atoms with Crippen LogP contribution in [-0.4, -0.2) is 34.9 Å². The average Bonchev–Trinajstić information content (AvgIpc) is 2.20. The second-order valence-corrected chi connectivity index (χ2v) is 3.63. The van der Waals surface area contributed by atoms with Gasteiger partial charge in [-0.2, -0.15) is 5.10 Å². The van der Waals surface area contributed by atoms with Gasteiger partial charge in [-0.25, -0.2) is 4.98 Å². The molecule has 5 nitrogen and oxygen atoms in total. The number of anilines is 1. The Morgan fingerprint density at radius 3 is 2.60 bits per heavy atom. The molecule has 1 heterocycles. The molecule has 0 fully saturated rings. The fourth-order valence-electron chi connectivity index (χ4n) is 1.11. The van der Waals surface area contributed by atoms with Gasteiger partial charge < -0.3 is 10.1 Å². The van der Waals surface area contributed by atoms with Crippen LogP contribution in [0.4, 0.5) is 5.95 Å². The lowest BCUT2D eigenvalue weighted by Gasteiger charge is -2.12. The van der Waals surface area contributed by atoms with E-state index in [1.165, 1.54) is 0 Å². The van der Waals surface area contributed by atoms with Crippen LogP contribution in [0.1, 0.15) is 24.7 Å². The highest BCUT2D eigenvalue weighted by Crippen LogP contribution is 2.04. The molecule has 0 radical (unpaired) electrons. The zero-order valence-electron chi connectivity index (χ0n) is 9.74. The van der Waals surface area contributed by atoms with Crippen LogP contribution >= 0.6 is 0 Å². The number of hydrogen-bond donors (Lipinski definition) is 1. The lowest BCUT2D eigenvalue weighted by molar-refractivity contribution is 0.191. The summed E-state index contributed by atoms with van der Waals surface area (Å²) in [7, 11) is 1.70. The predicted molar refractivity (Wildman–Crippen MR) is 58.9 cm³/mol. The second-order valence-electron chi connectivity index (χ2n) is 3.63. The van der Waals surface area contributed by atoms with Gasteiger partial charge in [-0.05, 0) is 27.2 Å². The molecule has 0 aliphatic rings. The summed E-state index contributed by atoms with van der Waals surface area (Å²) < 4.78 is 5.00. The summed E-state index contributed by atoms with van der Waals surface area (Å²) in [5.74, 6) is 0.585. The molecule has 1 aromatic heterocycles. The maximum atomic E-state index is 5.00. The van der Waals surface area contributed by atoms with Crippen LogP contribution in [0.2, 0.25) is 0 Å².